The van der Waals surface area contributed by atoms with Crippen molar-refractivity contribution in [3.8, 4) is 0 Å². The number of aliphatic hydroxyl groups excluding tert-OH is 1. The van der Waals surface area contributed by atoms with Crippen LogP contribution in [0.2, 0.25) is 0 Å². The number of hydrogen-bond donors (Lipinski definition) is 2. The molecule has 0 aromatic rings. The Morgan fingerprint density at radius 1 is 1.53 bits per heavy atom. The molecule has 0 spiro atoms. The van der Waals surface area contributed by atoms with Crippen LogP contribution >= 0.6 is 0 Å². The van der Waals surface area contributed by atoms with E-state index in [1.165, 1.54) is 11.8 Å². The van der Waals surface area contributed by atoms with Crippen LogP contribution in [0.25, 0.3) is 0 Å². The highest BCUT2D eigenvalue weighted by molar-refractivity contribution is 5.90. The summed E-state index contributed by atoms with van der Waals surface area (Å²) in [6, 6.07) is -0.458. The normalized spacial score (nSPS) is 23.9. The molecule has 86 valence electrons. The SMILES string of the molecule is CC(O)C(=O)N1CCNC(=O)C1C(C)C. The first-order chi connectivity index (χ1) is 6.95. The number of amides is 2. The van der Waals surface area contributed by atoms with Crippen molar-refractivity contribution in [2.24, 2.45) is 5.92 Å². The smallest absolute Gasteiger partial charge is 0.251 e. The van der Waals surface area contributed by atoms with E-state index in [9.17, 15) is 14.7 Å². The molecule has 0 radical (unpaired) electrons. The van der Waals surface area contributed by atoms with E-state index in [2.05, 4.69) is 5.32 Å². The van der Waals surface area contributed by atoms with Crippen LogP contribution in [0.4, 0.5) is 0 Å². The molecule has 5 heteroatoms. The lowest BCUT2D eigenvalue weighted by Crippen LogP contribution is -2.60. The zero-order valence-electron chi connectivity index (χ0n) is 9.36. The minimum Gasteiger partial charge on any atom is -0.384 e. The Balaban J connectivity index is 2.84. The van der Waals surface area contributed by atoms with Crippen molar-refractivity contribution in [3.63, 3.8) is 0 Å². The van der Waals surface area contributed by atoms with Crippen LogP contribution in [-0.4, -0.2) is 47.1 Å². The molecule has 0 aliphatic carbocycles. The lowest BCUT2D eigenvalue weighted by molar-refractivity contribution is -0.150. The Hall–Kier alpha value is -1.10. The van der Waals surface area contributed by atoms with Gasteiger partial charge in [0.05, 0.1) is 0 Å². The molecular formula is C10H18N2O3. The van der Waals surface area contributed by atoms with Gasteiger partial charge in [-0.25, -0.2) is 0 Å². The van der Waals surface area contributed by atoms with Crippen molar-refractivity contribution >= 4 is 11.8 Å². The molecule has 1 aliphatic rings. The highest BCUT2D eigenvalue weighted by Crippen LogP contribution is 2.15. The molecule has 0 saturated carbocycles. The summed E-state index contributed by atoms with van der Waals surface area (Å²) in [6.45, 7) is 6.13. The van der Waals surface area contributed by atoms with E-state index in [-0.39, 0.29) is 17.7 Å². The molecule has 0 bridgehead atoms. The van der Waals surface area contributed by atoms with E-state index < -0.39 is 12.1 Å². The van der Waals surface area contributed by atoms with Gasteiger partial charge in [0, 0.05) is 13.1 Å². The highest BCUT2D eigenvalue weighted by atomic mass is 16.3. The Labute approximate surface area is 89.4 Å². The number of carbonyl (C=O) groups is 2. The van der Waals surface area contributed by atoms with E-state index in [0.29, 0.717) is 13.1 Å². The van der Waals surface area contributed by atoms with Crippen LogP contribution in [0.15, 0.2) is 0 Å². The summed E-state index contributed by atoms with van der Waals surface area (Å²) in [4.78, 5) is 24.7. The third kappa shape index (κ3) is 2.47. The maximum atomic E-state index is 11.7. The zero-order chi connectivity index (χ0) is 11.6. The van der Waals surface area contributed by atoms with Gasteiger partial charge in [-0.1, -0.05) is 13.8 Å². The summed E-state index contributed by atoms with van der Waals surface area (Å²) in [5.41, 5.74) is 0. The average molecular weight is 214 g/mol. The summed E-state index contributed by atoms with van der Waals surface area (Å²) in [5, 5.41) is 12.0. The molecule has 2 unspecified atom stereocenters. The molecule has 15 heavy (non-hydrogen) atoms. The second-order valence-electron chi connectivity index (χ2n) is 4.19. The average Bonchev–Trinajstić information content (AvgIpc) is 2.15. The van der Waals surface area contributed by atoms with Crippen molar-refractivity contribution < 1.29 is 14.7 Å². The van der Waals surface area contributed by atoms with E-state index in [1.54, 1.807) is 0 Å². The van der Waals surface area contributed by atoms with E-state index >= 15 is 0 Å². The van der Waals surface area contributed by atoms with Crippen molar-refractivity contribution in [2.45, 2.75) is 32.9 Å². The molecule has 2 amide bonds. The summed E-state index contributed by atoms with van der Waals surface area (Å²) in [7, 11) is 0. The lowest BCUT2D eigenvalue weighted by Gasteiger charge is -2.37. The van der Waals surface area contributed by atoms with E-state index in [4.69, 9.17) is 0 Å². The maximum absolute atomic E-state index is 11.7. The zero-order valence-corrected chi connectivity index (χ0v) is 9.36. The van der Waals surface area contributed by atoms with Crippen LogP contribution < -0.4 is 5.32 Å². The number of nitrogens with zero attached hydrogens (tertiary/aromatic N) is 1. The molecule has 1 aliphatic heterocycles. The Morgan fingerprint density at radius 2 is 2.13 bits per heavy atom. The first kappa shape index (κ1) is 12.0. The van der Waals surface area contributed by atoms with Crippen LogP contribution in [0.3, 0.4) is 0 Å². The van der Waals surface area contributed by atoms with Gasteiger partial charge in [0.15, 0.2) is 0 Å². The number of nitrogens with one attached hydrogen (secondary N) is 1. The fraction of sp³-hybridized carbons (Fsp3) is 0.800. The first-order valence-corrected chi connectivity index (χ1v) is 5.21. The maximum Gasteiger partial charge on any atom is 0.251 e. The number of aliphatic hydroxyl groups is 1. The molecule has 0 aromatic heterocycles. The lowest BCUT2D eigenvalue weighted by atomic mass is 9.99. The van der Waals surface area contributed by atoms with Gasteiger partial charge in [-0.2, -0.15) is 0 Å². The number of piperazine rings is 1. The van der Waals surface area contributed by atoms with Crippen LogP contribution in [0.5, 0.6) is 0 Å². The second kappa shape index (κ2) is 4.61. The second-order valence-corrected chi connectivity index (χ2v) is 4.19. The topological polar surface area (TPSA) is 69.6 Å². The number of hydrogen-bond acceptors (Lipinski definition) is 3. The third-order valence-corrected chi connectivity index (χ3v) is 2.53. The molecule has 1 saturated heterocycles. The minimum atomic E-state index is -1.04. The Kier molecular flexibility index (Phi) is 3.68. The Bertz CT molecular complexity index is 263. The van der Waals surface area contributed by atoms with Gasteiger partial charge in [0.2, 0.25) is 5.91 Å². The highest BCUT2D eigenvalue weighted by Gasteiger charge is 2.36. The minimum absolute atomic E-state index is 0.0491. The largest absolute Gasteiger partial charge is 0.384 e. The quantitative estimate of drug-likeness (QED) is 0.642. The predicted molar refractivity (Wildman–Crippen MR) is 55.0 cm³/mol. The first-order valence-electron chi connectivity index (χ1n) is 5.21. The molecule has 1 heterocycles. The fourth-order valence-electron chi connectivity index (χ4n) is 1.83. The monoisotopic (exact) mass is 214 g/mol. The van der Waals surface area contributed by atoms with Crippen molar-refractivity contribution in [3.05, 3.63) is 0 Å². The molecule has 1 fully saturated rings. The van der Waals surface area contributed by atoms with Gasteiger partial charge < -0.3 is 15.3 Å². The van der Waals surface area contributed by atoms with Crippen LogP contribution in [-0.2, 0) is 9.59 Å². The van der Waals surface area contributed by atoms with Gasteiger partial charge in [-0.05, 0) is 12.8 Å². The summed E-state index contributed by atoms with van der Waals surface area (Å²) >= 11 is 0. The number of rotatable bonds is 2. The van der Waals surface area contributed by atoms with Crippen LogP contribution in [0.1, 0.15) is 20.8 Å². The Morgan fingerprint density at radius 3 is 2.60 bits per heavy atom. The van der Waals surface area contributed by atoms with Gasteiger partial charge in [0.1, 0.15) is 12.1 Å². The van der Waals surface area contributed by atoms with Gasteiger partial charge >= 0.3 is 0 Å². The molecule has 0 aromatic carbocycles. The standard InChI is InChI=1S/C10H18N2O3/c1-6(2)8-9(14)11-4-5-12(8)10(15)7(3)13/h6-8,13H,4-5H2,1-3H3,(H,11,14). The van der Waals surface area contributed by atoms with Crippen molar-refractivity contribution in [1.29, 1.82) is 0 Å². The van der Waals surface area contributed by atoms with E-state index in [0.717, 1.165) is 0 Å². The summed E-state index contributed by atoms with van der Waals surface area (Å²) in [5.74, 6) is -0.457. The molecule has 1 rings (SSSR count). The summed E-state index contributed by atoms with van der Waals surface area (Å²) in [6.07, 6.45) is -1.04. The molecular weight excluding hydrogens is 196 g/mol. The van der Waals surface area contributed by atoms with Crippen molar-refractivity contribution in [1.82, 2.24) is 10.2 Å². The number of carbonyl (C=O) groups excluding carboxylic acids is 2. The van der Waals surface area contributed by atoms with Crippen molar-refractivity contribution in [2.75, 3.05) is 13.1 Å². The predicted octanol–water partition coefficient (Wildman–Crippen LogP) is -0.650. The molecule has 5 nitrogen and oxygen atoms in total. The van der Waals surface area contributed by atoms with Gasteiger partial charge in [-0.15, -0.1) is 0 Å². The van der Waals surface area contributed by atoms with Gasteiger partial charge in [0.25, 0.3) is 5.91 Å². The molecule has 2 N–H and O–H groups in total. The van der Waals surface area contributed by atoms with E-state index in [1.807, 2.05) is 13.8 Å². The van der Waals surface area contributed by atoms with Crippen LogP contribution in [0, 0.1) is 5.92 Å². The molecule has 2 atom stereocenters. The third-order valence-electron chi connectivity index (χ3n) is 2.53. The van der Waals surface area contributed by atoms with Gasteiger partial charge in [-0.3, -0.25) is 9.59 Å². The summed E-state index contributed by atoms with van der Waals surface area (Å²) < 4.78 is 0. The fourth-order valence-corrected chi connectivity index (χ4v) is 1.83.